The molecule has 2 rings (SSSR count). The van der Waals surface area contributed by atoms with Crippen molar-refractivity contribution in [1.82, 2.24) is 0 Å². The van der Waals surface area contributed by atoms with Gasteiger partial charge in [0, 0.05) is 34.3 Å². The number of fused-ring (bicyclic) bond motifs is 1. The van der Waals surface area contributed by atoms with Crippen molar-refractivity contribution in [2.24, 2.45) is 0 Å². The van der Waals surface area contributed by atoms with Gasteiger partial charge in [-0.25, -0.2) is 0 Å². The quantitative estimate of drug-likeness (QED) is 0.908. The molecule has 4 heteroatoms. The molecule has 0 amide bonds. The average Bonchev–Trinajstić information content (AvgIpc) is 2.27. The first-order valence-electron chi connectivity index (χ1n) is 5.43. The molecule has 1 N–H and O–H groups in total. The Morgan fingerprint density at radius 2 is 2.25 bits per heavy atom. The van der Waals surface area contributed by atoms with Crippen LogP contribution in [0, 0.1) is 0 Å². The number of benzene rings is 1. The monoisotopic (exact) mass is 301 g/mol. The predicted molar refractivity (Wildman–Crippen MR) is 73.4 cm³/mol. The summed E-state index contributed by atoms with van der Waals surface area (Å²) in [6.45, 7) is 2.48. The van der Waals surface area contributed by atoms with Crippen LogP contribution in [0.2, 0.25) is 0 Å². The predicted octanol–water partition coefficient (Wildman–Crippen LogP) is 3.13. The molecule has 0 aliphatic carbocycles. The maximum atomic E-state index is 9.08. The van der Waals surface area contributed by atoms with E-state index in [9.17, 15) is 0 Å². The molecular formula is C12H16BrNOS. The number of anilines is 1. The number of aliphatic hydroxyl groups excluding tert-OH is 1. The minimum absolute atomic E-state index is 0.266. The topological polar surface area (TPSA) is 23.5 Å². The highest BCUT2D eigenvalue weighted by atomic mass is 79.9. The van der Waals surface area contributed by atoms with Gasteiger partial charge < -0.3 is 10.0 Å². The Morgan fingerprint density at radius 3 is 2.94 bits per heavy atom. The molecule has 0 bridgehead atoms. The van der Waals surface area contributed by atoms with Crippen molar-refractivity contribution in [1.29, 1.82) is 0 Å². The molecule has 88 valence electrons. The van der Waals surface area contributed by atoms with Crippen molar-refractivity contribution in [2.75, 3.05) is 18.6 Å². The van der Waals surface area contributed by atoms with Crippen LogP contribution < -0.4 is 4.90 Å². The Morgan fingerprint density at radius 1 is 1.50 bits per heavy atom. The molecule has 1 aliphatic heterocycles. The van der Waals surface area contributed by atoms with E-state index in [-0.39, 0.29) is 6.61 Å². The highest BCUT2D eigenvalue weighted by Crippen LogP contribution is 2.42. The van der Waals surface area contributed by atoms with Crippen molar-refractivity contribution in [2.45, 2.75) is 29.5 Å². The summed E-state index contributed by atoms with van der Waals surface area (Å²) in [5.41, 5.74) is 1.28. The van der Waals surface area contributed by atoms with E-state index in [0.29, 0.717) is 11.3 Å². The molecule has 0 saturated heterocycles. The Hall–Kier alpha value is -0.190. The van der Waals surface area contributed by atoms with Crippen LogP contribution in [0.15, 0.2) is 27.6 Å². The van der Waals surface area contributed by atoms with Crippen LogP contribution >= 0.6 is 27.7 Å². The number of thioether (sulfide) groups is 1. The normalized spacial score (nSPS) is 24.4. The lowest BCUT2D eigenvalue weighted by atomic mass is 10.1. The first kappa shape index (κ1) is 12.3. The van der Waals surface area contributed by atoms with E-state index >= 15 is 0 Å². The highest BCUT2D eigenvalue weighted by Gasteiger charge is 2.29. The van der Waals surface area contributed by atoms with Gasteiger partial charge in [-0.1, -0.05) is 15.9 Å². The molecule has 1 aromatic carbocycles. The van der Waals surface area contributed by atoms with Gasteiger partial charge in [-0.3, -0.25) is 0 Å². The number of hydrogen-bond donors (Lipinski definition) is 1. The summed E-state index contributed by atoms with van der Waals surface area (Å²) >= 11 is 5.39. The van der Waals surface area contributed by atoms with Crippen molar-refractivity contribution in [3.05, 3.63) is 22.7 Å². The van der Waals surface area contributed by atoms with E-state index in [2.05, 4.69) is 53.0 Å². The number of nitrogens with zero attached hydrogens (tertiary/aromatic N) is 1. The number of aliphatic hydroxyl groups is 1. The summed E-state index contributed by atoms with van der Waals surface area (Å²) < 4.78 is 1.12. The zero-order valence-electron chi connectivity index (χ0n) is 9.48. The minimum Gasteiger partial charge on any atom is -0.396 e. The third-order valence-electron chi connectivity index (χ3n) is 3.14. The number of hydrogen-bond acceptors (Lipinski definition) is 3. The van der Waals surface area contributed by atoms with Gasteiger partial charge in [-0.15, -0.1) is 11.8 Å². The molecule has 0 radical (unpaired) electrons. The fourth-order valence-corrected chi connectivity index (χ4v) is 3.77. The smallest absolute Gasteiger partial charge is 0.0516 e. The lowest BCUT2D eigenvalue weighted by Crippen LogP contribution is -2.40. The summed E-state index contributed by atoms with van der Waals surface area (Å²) in [4.78, 5) is 3.61. The fourth-order valence-electron chi connectivity index (χ4n) is 2.02. The SMILES string of the molecule is CC1C(CCO)Sc2ccc(Br)cc2N1C. The van der Waals surface area contributed by atoms with E-state index < -0.39 is 0 Å². The maximum Gasteiger partial charge on any atom is 0.0516 e. The molecule has 16 heavy (non-hydrogen) atoms. The third-order valence-corrected chi connectivity index (χ3v) is 5.17. The molecule has 1 aliphatic rings. The highest BCUT2D eigenvalue weighted by molar-refractivity contribution is 9.10. The van der Waals surface area contributed by atoms with Gasteiger partial charge in [-0.05, 0) is 31.5 Å². The molecule has 2 unspecified atom stereocenters. The molecular weight excluding hydrogens is 286 g/mol. The molecule has 0 spiro atoms. The molecule has 0 aromatic heterocycles. The maximum absolute atomic E-state index is 9.08. The number of rotatable bonds is 2. The zero-order chi connectivity index (χ0) is 11.7. The van der Waals surface area contributed by atoms with Crippen molar-refractivity contribution in [3.8, 4) is 0 Å². The van der Waals surface area contributed by atoms with E-state index in [4.69, 9.17) is 5.11 Å². The van der Waals surface area contributed by atoms with E-state index in [1.807, 2.05) is 11.8 Å². The average molecular weight is 302 g/mol. The summed E-state index contributed by atoms with van der Waals surface area (Å²) in [5.74, 6) is 0. The number of halogens is 1. The van der Waals surface area contributed by atoms with Gasteiger partial charge in [0.25, 0.3) is 0 Å². The summed E-state index contributed by atoms with van der Waals surface area (Å²) in [7, 11) is 2.13. The van der Waals surface area contributed by atoms with Crippen LogP contribution in [0.1, 0.15) is 13.3 Å². The largest absolute Gasteiger partial charge is 0.396 e. The van der Waals surface area contributed by atoms with Crippen LogP contribution in [-0.4, -0.2) is 30.1 Å². The van der Waals surface area contributed by atoms with Gasteiger partial charge in [0.15, 0.2) is 0 Å². The molecule has 0 saturated carbocycles. The van der Waals surface area contributed by atoms with Gasteiger partial charge in [0.2, 0.25) is 0 Å². The van der Waals surface area contributed by atoms with Crippen molar-refractivity contribution < 1.29 is 5.11 Å². The van der Waals surface area contributed by atoms with Gasteiger partial charge >= 0.3 is 0 Å². The first-order chi connectivity index (χ1) is 7.63. The second-order valence-corrected chi connectivity index (χ2v) is 6.33. The van der Waals surface area contributed by atoms with Crippen LogP contribution in [0.4, 0.5) is 5.69 Å². The van der Waals surface area contributed by atoms with Crippen molar-refractivity contribution in [3.63, 3.8) is 0 Å². The Kier molecular flexibility index (Phi) is 3.82. The lowest BCUT2D eigenvalue weighted by molar-refractivity contribution is 0.282. The minimum atomic E-state index is 0.266. The van der Waals surface area contributed by atoms with E-state index in [0.717, 1.165) is 10.9 Å². The van der Waals surface area contributed by atoms with Gasteiger partial charge in [0.1, 0.15) is 0 Å². The van der Waals surface area contributed by atoms with Gasteiger partial charge in [-0.2, -0.15) is 0 Å². The van der Waals surface area contributed by atoms with E-state index in [1.165, 1.54) is 10.6 Å². The van der Waals surface area contributed by atoms with E-state index in [1.54, 1.807) is 0 Å². The summed E-state index contributed by atoms with van der Waals surface area (Å²) in [6.07, 6.45) is 0.853. The first-order valence-corrected chi connectivity index (χ1v) is 7.10. The molecule has 0 fully saturated rings. The van der Waals surface area contributed by atoms with Gasteiger partial charge in [0.05, 0.1) is 5.69 Å². The lowest BCUT2D eigenvalue weighted by Gasteiger charge is -2.39. The Bertz CT molecular complexity index is 385. The fraction of sp³-hybridized carbons (Fsp3) is 0.500. The Balaban J connectivity index is 2.32. The standard InChI is InChI=1S/C12H16BrNOS/c1-8-11(5-6-15)16-12-4-3-9(13)7-10(12)14(8)2/h3-4,7-8,11,15H,5-6H2,1-2H3. The molecule has 1 aromatic rings. The van der Waals surface area contributed by atoms with Crippen LogP contribution in [-0.2, 0) is 0 Å². The van der Waals surface area contributed by atoms with Crippen LogP contribution in [0.25, 0.3) is 0 Å². The third kappa shape index (κ3) is 2.24. The summed E-state index contributed by atoms with van der Waals surface area (Å²) in [6, 6.07) is 6.84. The molecule has 2 atom stereocenters. The van der Waals surface area contributed by atoms with Crippen molar-refractivity contribution >= 4 is 33.4 Å². The van der Waals surface area contributed by atoms with Crippen LogP contribution in [0.5, 0.6) is 0 Å². The molecule has 2 nitrogen and oxygen atoms in total. The Labute approximate surface area is 109 Å². The van der Waals surface area contributed by atoms with Crippen LogP contribution in [0.3, 0.4) is 0 Å². The zero-order valence-corrected chi connectivity index (χ0v) is 11.9. The second kappa shape index (κ2) is 4.98. The second-order valence-electron chi connectivity index (χ2n) is 4.13. The summed E-state index contributed by atoms with van der Waals surface area (Å²) in [5, 5.41) is 9.55. The molecule has 1 heterocycles.